The van der Waals surface area contributed by atoms with Crippen LogP contribution < -0.4 is 10.6 Å². The molecule has 0 aliphatic carbocycles. The molecule has 1 heterocycles. The second-order valence-corrected chi connectivity index (χ2v) is 4.96. The van der Waals surface area contributed by atoms with Crippen molar-refractivity contribution in [1.82, 2.24) is 4.90 Å². The fourth-order valence-electron chi connectivity index (χ4n) is 2.47. The van der Waals surface area contributed by atoms with Gasteiger partial charge in [-0.1, -0.05) is 6.07 Å². The molecule has 1 aromatic rings. The monoisotopic (exact) mass is 233 g/mol. The Balaban J connectivity index is 1.94. The molecule has 0 atom stereocenters. The molecule has 0 unspecified atom stereocenters. The van der Waals surface area contributed by atoms with Crippen molar-refractivity contribution >= 4 is 11.4 Å². The quantitative estimate of drug-likeness (QED) is 0.808. The van der Waals surface area contributed by atoms with Crippen LogP contribution in [-0.4, -0.2) is 38.1 Å². The number of likely N-dealkylation sites (N-methyl/N-ethyl adjacent to an activating group) is 1. The Bertz CT molecular complexity index is 370. The Hall–Kier alpha value is -1.22. The number of rotatable bonds is 4. The van der Waals surface area contributed by atoms with Gasteiger partial charge in [-0.05, 0) is 50.6 Å². The van der Waals surface area contributed by atoms with Gasteiger partial charge in [0.1, 0.15) is 0 Å². The number of benzene rings is 1. The van der Waals surface area contributed by atoms with E-state index >= 15 is 0 Å². The first-order chi connectivity index (χ1) is 8.18. The Morgan fingerprint density at radius 1 is 1.29 bits per heavy atom. The highest BCUT2D eigenvalue weighted by Gasteiger charge is 2.12. The minimum absolute atomic E-state index is 0.885. The summed E-state index contributed by atoms with van der Waals surface area (Å²) in [4.78, 5) is 4.85. The normalized spacial score (nSPS) is 16.4. The maximum atomic E-state index is 5.94. The van der Waals surface area contributed by atoms with Crippen LogP contribution in [0, 0.1) is 6.92 Å². The Morgan fingerprint density at radius 3 is 2.71 bits per heavy atom. The maximum Gasteiger partial charge on any atom is 0.0414 e. The summed E-state index contributed by atoms with van der Waals surface area (Å²) < 4.78 is 0. The first-order valence-electron chi connectivity index (χ1n) is 6.47. The van der Waals surface area contributed by atoms with Gasteiger partial charge < -0.3 is 15.5 Å². The van der Waals surface area contributed by atoms with Gasteiger partial charge in [0.2, 0.25) is 0 Å². The van der Waals surface area contributed by atoms with Crippen molar-refractivity contribution in [2.24, 2.45) is 0 Å². The summed E-state index contributed by atoms with van der Waals surface area (Å²) in [5.41, 5.74) is 9.27. The van der Waals surface area contributed by atoms with E-state index in [2.05, 4.69) is 29.8 Å². The van der Waals surface area contributed by atoms with Gasteiger partial charge in [-0.15, -0.1) is 0 Å². The summed E-state index contributed by atoms with van der Waals surface area (Å²) in [6, 6.07) is 6.15. The number of hydrogen-bond donors (Lipinski definition) is 1. The van der Waals surface area contributed by atoms with E-state index in [0.29, 0.717) is 0 Å². The van der Waals surface area contributed by atoms with Gasteiger partial charge in [-0.25, -0.2) is 0 Å². The van der Waals surface area contributed by atoms with Gasteiger partial charge >= 0.3 is 0 Å². The molecular formula is C14H23N3. The zero-order valence-corrected chi connectivity index (χ0v) is 10.9. The molecule has 0 spiro atoms. The predicted molar refractivity (Wildman–Crippen MR) is 74.5 cm³/mol. The van der Waals surface area contributed by atoms with E-state index in [1.807, 2.05) is 12.1 Å². The summed E-state index contributed by atoms with van der Waals surface area (Å²) in [7, 11) is 2.15. The lowest BCUT2D eigenvalue weighted by molar-refractivity contribution is 0.346. The molecule has 3 heteroatoms. The van der Waals surface area contributed by atoms with Crippen LogP contribution in [0.5, 0.6) is 0 Å². The van der Waals surface area contributed by atoms with Crippen molar-refractivity contribution in [3.8, 4) is 0 Å². The van der Waals surface area contributed by atoms with Gasteiger partial charge in [-0.3, -0.25) is 0 Å². The SMILES string of the molecule is Cc1c(N)cccc1N(C)CCN1CCCC1. The van der Waals surface area contributed by atoms with Crippen molar-refractivity contribution in [2.45, 2.75) is 19.8 Å². The van der Waals surface area contributed by atoms with E-state index < -0.39 is 0 Å². The van der Waals surface area contributed by atoms with Crippen LogP contribution in [0.25, 0.3) is 0 Å². The molecule has 3 nitrogen and oxygen atoms in total. The summed E-state index contributed by atoms with van der Waals surface area (Å²) in [5, 5.41) is 0. The fraction of sp³-hybridized carbons (Fsp3) is 0.571. The molecule has 2 rings (SSSR count). The molecule has 0 bridgehead atoms. The molecule has 0 aromatic heterocycles. The third kappa shape index (κ3) is 2.91. The topological polar surface area (TPSA) is 32.5 Å². The van der Waals surface area contributed by atoms with Gasteiger partial charge in [0.05, 0.1) is 0 Å². The zero-order valence-electron chi connectivity index (χ0n) is 10.9. The van der Waals surface area contributed by atoms with Gasteiger partial charge in [0.15, 0.2) is 0 Å². The van der Waals surface area contributed by atoms with Crippen LogP contribution in [0.4, 0.5) is 11.4 Å². The Morgan fingerprint density at radius 2 is 2.00 bits per heavy atom. The molecule has 2 N–H and O–H groups in total. The van der Waals surface area contributed by atoms with Crippen molar-refractivity contribution in [2.75, 3.05) is 43.9 Å². The van der Waals surface area contributed by atoms with Gasteiger partial charge in [0.25, 0.3) is 0 Å². The largest absolute Gasteiger partial charge is 0.398 e. The van der Waals surface area contributed by atoms with Crippen LogP contribution in [-0.2, 0) is 0 Å². The number of nitrogens with zero attached hydrogens (tertiary/aromatic N) is 2. The van der Waals surface area contributed by atoms with E-state index in [4.69, 9.17) is 5.73 Å². The van der Waals surface area contributed by atoms with Gasteiger partial charge in [-0.2, -0.15) is 0 Å². The minimum Gasteiger partial charge on any atom is -0.398 e. The summed E-state index contributed by atoms with van der Waals surface area (Å²) in [6.07, 6.45) is 2.72. The highest BCUT2D eigenvalue weighted by molar-refractivity contribution is 5.63. The number of likely N-dealkylation sites (tertiary alicyclic amines) is 1. The van der Waals surface area contributed by atoms with Crippen molar-refractivity contribution < 1.29 is 0 Å². The summed E-state index contributed by atoms with van der Waals surface area (Å²) in [6.45, 7) is 6.86. The average molecular weight is 233 g/mol. The van der Waals surface area contributed by atoms with Gasteiger partial charge in [0, 0.05) is 31.5 Å². The first-order valence-corrected chi connectivity index (χ1v) is 6.47. The van der Waals surface area contributed by atoms with Crippen molar-refractivity contribution in [3.63, 3.8) is 0 Å². The van der Waals surface area contributed by atoms with E-state index in [-0.39, 0.29) is 0 Å². The lowest BCUT2D eigenvalue weighted by Gasteiger charge is -2.25. The summed E-state index contributed by atoms with van der Waals surface area (Å²) in [5.74, 6) is 0. The highest BCUT2D eigenvalue weighted by atomic mass is 15.2. The Kier molecular flexibility index (Phi) is 3.89. The number of anilines is 2. The molecule has 17 heavy (non-hydrogen) atoms. The predicted octanol–water partition coefficient (Wildman–Crippen LogP) is 2.11. The average Bonchev–Trinajstić information content (AvgIpc) is 2.82. The molecule has 0 amide bonds. The molecule has 1 fully saturated rings. The summed E-state index contributed by atoms with van der Waals surface area (Å²) >= 11 is 0. The lowest BCUT2D eigenvalue weighted by atomic mass is 10.1. The first kappa shape index (κ1) is 12.2. The molecular weight excluding hydrogens is 210 g/mol. The molecule has 94 valence electrons. The zero-order chi connectivity index (χ0) is 12.3. The van der Waals surface area contributed by atoms with E-state index in [0.717, 1.165) is 18.8 Å². The van der Waals surface area contributed by atoms with Crippen LogP contribution in [0.2, 0.25) is 0 Å². The third-order valence-electron chi connectivity index (χ3n) is 3.71. The van der Waals surface area contributed by atoms with Crippen LogP contribution in [0.15, 0.2) is 18.2 Å². The van der Waals surface area contributed by atoms with Crippen molar-refractivity contribution in [3.05, 3.63) is 23.8 Å². The second-order valence-electron chi connectivity index (χ2n) is 4.96. The third-order valence-corrected chi connectivity index (χ3v) is 3.71. The minimum atomic E-state index is 0.885. The molecule has 1 aromatic carbocycles. The molecule has 0 saturated carbocycles. The van der Waals surface area contributed by atoms with E-state index in [9.17, 15) is 0 Å². The fourth-order valence-corrected chi connectivity index (χ4v) is 2.47. The highest BCUT2D eigenvalue weighted by Crippen LogP contribution is 2.23. The number of nitrogen functional groups attached to an aromatic ring is 1. The molecule has 1 aliphatic rings. The maximum absolute atomic E-state index is 5.94. The molecule has 1 saturated heterocycles. The molecule has 0 radical (unpaired) electrons. The Labute approximate surface area is 104 Å². The molecule has 1 aliphatic heterocycles. The van der Waals surface area contributed by atoms with E-state index in [1.165, 1.54) is 37.2 Å². The lowest BCUT2D eigenvalue weighted by Crippen LogP contribution is -2.31. The number of hydrogen-bond acceptors (Lipinski definition) is 3. The van der Waals surface area contributed by atoms with Crippen LogP contribution in [0.1, 0.15) is 18.4 Å². The van der Waals surface area contributed by atoms with Crippen molar-refractivity contribution in [1.29, 1.82) is 0 Å². The second kappa shape index (κ2) is 5.41. The van der Waals surface area contributed by atoms with Crippen LogP contribution >= 0.6 is 0 Å². The van der Waals surface area contributed by atoms with E-state index in [1.54, 1.807) is 0 Å². The smallest absolute Gasteiger partial charge is 0.0414 e. The van der Waals surface area contributed by atoms with Crippen LogP contribution in [0.3, 0.4) is 0 Å². The number of nitrogens with two attached hydrogens (primary N) is 1. The standard InChI is InChI=1S/C14H23N3/c1-12-13(15)6-5-7-14(12)16(2)10-11-17-8-3-4-9-17/h5-7H,3-4,8-11,15H2,1-2H3.